The Bertz CT molecular complexity index is 6130. The fraction of sp³-hybridized carbons (Fsp3) is 0. The summed E-state index contributed by atoms with van der Waals surface area (Å²) in [7, 11) is 0. The van der Waals surface area contributed by atoms with Gasteiger partial charge in [-0.15, -0.1) is 0 Å². The van der Waals surface area contributed by atoms with Gasteiger partial charge in [0.05, 0.1) is 67.3 Å². The summed E-state index contributed by atoms with van der Waals surface area (Å²) in [5.74, 6) is -2.82. The van der Waals surface area contributed by atoms with Gasteiger partial charge < -0.3 is 13.4 Å². The van der Waals surface area contributed by atoms with E-state index in [0.29, 0.717) is 0 Å². The van der Waals surface area contributed by atoms with Gasteiger partial charge in [-0.05, 0) is 65.5 Å². The summed E-state index contributed by atoms with van der Waals surface area (Å²) in [6.45, 7) is 0. The van der Waals surface area contributed by atoms with Crippen LogP contribution in [0.5, 0.6) is 0 Å². The van der Waals surface area contributed by atoms with E-state index in [2.05, 4.69) is 15.0 Å². The van der Waals surface area contributed by atoms with Crippen molar-refractivity contribution in [2.45, 2.75) is 0 Å². The number of hydrogen-bond acceptors (Lipinski definition) is 5. The van der Waals surface area contributed by atoms with Crippen LogP contribution in [0.2, 0.25) is 0 Å². The molecule has 0 aliphatic heterocycles. The molecule has 5 aromatic heterocycles. The van der Waals surface area contributed by atoms with Gasteiger partial charge in [-0.25, -0.2) is 4.98 Å². The zero-order chi connectivity index (χ0) is 70.6. The van der Waals surface area contributed by atoms with E-state index in [4.69, 9.17) is 37.6 Å². The van der Waals surface area contributed by atoms with Gasteiger partial charge in [0, 0.05) is 65.9 Å². The Morgan fingerprint density at radius 2 is 0.969 bits per heavy atom. The molecule has 0 bridgehead atoms. The second-order valence-electron chi connectivity index (χ2n) is 13.8. The van der Waals surface area contributed by atoms with Crippen molar-refractivity contribution >= 4 is 87.5 Å². The maximum atomic E-state index is 9.99. The predicted octanol–water partition coefficient (Wildman–Crippen LogP) is 14.9. The molecule has 0 unspecified atom stereocenters. The quantitative estimate of drug-likeness (QED) is 0.172. The summed E-state index contributed by atoms with van der Waals surface area (Å²) >= 11 is 0. The van der Waals surface area contributed by atoms with Crippen LogP contribution in [0.25, 0.3) is 133 Å². The molecule has 0 fully saturated rings. The monoisotopic (exact) mass is 852 g/mol. The number of rotatable bonds is 5. The van der Waals surface area contributed by atoms with Crippen molar-refractivity contribution in [3.8, 4) is 45.5 Å². The Morgan fingerprint density at radius 3 is 1.80 bits per heavy atom. The number of aromatic nitrogens is 5. The molecule has 0 aliphatic carbocycles. The normalized spacial score (nSPS) is 19.3. The summed E-state index contributed by atoms with van der Waals surface area (Å²) < 4.78 is 314. The van der Waals surface area contributed by atoms with Crippen molar-refractivity contribution in [1.82, 2.24) is 24.1 Å². The molecule has 5 heterocycles. The van der Waals surface area contributed by atoms with Gasteiger partial charge in [0.25, 0.3) is 0 Å². The van der Waals surface area contributed by atoms with Crippen molar-refractivity contribution in [2.75, 3.05) is 0 Å². The van der Waals surface area contributed by atoms with Crippen LogP contribution in [0.15, 0.2) is 208 Å². The molecular weight excluding hydrogens is 787 g/mol. The highest BCUT2D eigenvalue weighted by molar-refractivity contribution is 6.26. The third-order valence-corrected chi connectivity index (χ3v) is 10.4. The number of fused-ring (bicyclic) bond motifs is 13. The van der Waals surface area contributed by atoms with Gasteiger partial charge in [0.15, 0.2) is 11.6 Å². The van der Waals surface area contributed by atoms with Gasteiger partial charge in [-0.2, -0.15) is 9.97 Å². The second-order valence-corrected chi connectivity index (χ2v) is 13.8. The van der Waals surface area contributed by atoms with Crippen molar-refractivity contribution in [2.24, 2.45) is 0 Å². The van der Waals surface area contributed by atoms with E-state index in [1.807, 2.05) is 0 Å². The molecule has 0 radical (unpaired) electrons. The number of hydrogen-bond donors (Lipinski definition) is 0. The molecule has 0 aliphatic rings. The number of nitrogens with zero attached hydrogens (tertiary/aromatic N) is 5. The molecule has 64 heavy (non-hydrogen) atoms. The van der Waals surface area contributed by atoms with Crippen LogP contribution in [0, 0.1) is 0 Å². The molecule has 0 saturated carbocycles. The maximum absolute atomic E-state index is 9.99. The van der Waals surface area contributed by atoms with Crippen molar-refractivity contribution in [1.29, 1.82) is 0 Å². The first kappa shape index (κ1) is 15.8. The zero-order valence-electron chi connectivity index (χ0n) is 64.6. The molecule has 7 heteroatoms. The fourth-order valence-electron chi connectivity index (χ4n) is 7.82. The maximum Gasteiger partial charge on any atom is 0.238 e. The number of benzene rings is 9. The molecule has 0 spiro atoms. The highest BCUT2D eigenvalue weighted by atomic mass is 16.3. The number of para-hydroxylation sites is 3. The lowest BCUT2D eigenvalue weighted by Gasteiger charge is -2.12. The SMILES string of the molecule is [2H]c1c([2H])c([2H])c(-c2nc(-c3c([2H])c([2H])c4c(oc5c([2H])c([2H])c([2H])c([2H])c54)c3[2H])nc(-n3c4c([2H])c([2H])c([2H])c([2H])c4c4c([2H])c([2H])c5c(c6c([2H])c([2H])c([2H])c([2H])c6n5-c5c([2H])c([2H])c6c(oc7c([2H])c([2H])c([2H])c(-c8c([2H])c([2H])c([2H])c([2H])c8[2H])c76)c5[2H])c43)n2)c([2H])c1[2H]. The average Bonchev–Trinajstić information content (AvgIpc) is 1.51. The molecule has 298 valence electrons. The molecule has 0 saturated heterocycles. The largest absolute Gasteiger partial charge is 0.456 e. The van der Waals surface area contributed by atoms with Crippen LogP contribution in [-0.2, 0) is 0 Å². The lowest BCUT2D eigenvalue weighted by atomic mass is 9.99. The van der Waals surface area contributed by atoms with E-state index in [1.165, 1.54) is 0 Å². The molecule has 0 amide bonds. The Morgan fingerprint density at radius 1 is 0.359 bits per heavy atom. The molecule has 7 nitrogen and oxygen atoms in total. The van der Waals surface area contributed by atoms with Crippen LogP contribution in [0.3, 0.4) is 0 Å². The topological polar surface area (TPSA) is 74.8 Å². The van der Waals surface area contributed by atoms with E-state index < -0.39 is 332 Å². The Balaban J connectivity index is 1.21. The minimum atomic E-state index is -1.08. The van der Waals surface area contributed by atoms with Crippen LogP contribution < -0.4 is 0 Å². The first-order valence-electron chi connectivity index (χ1n) is 35.2. The lowest BCUT2D eigenvalue weighted by molar-refractivity contribution is 0.668. The standard InChI is InChI=1S/C57H33N5O2/c1-3-14-34(15-4-1)38-21-13-25-49-52(38)44-29-27-37(33-51(44)64-49)61-46-23-11-8-20-43(46)53-47(61)31-30-42-39-18-7-10-22-45(39)62(54(42)53)57-59-55(35-16-5-2-6-17-35)58-56(60-57)36-26-28-41-40-19-9-12-24-48(40)63-50(41)32-36/h1-33H/i1D,2D,3D,4D,5D,6D,7D,8D,9D,10D,11D,12D,13D,14D,15D,16D,17D,18D,19D,20D,21D,22D,23D,24D,25D,26D,27D,28D,29D,30D,31D,32D,33D. The van der Waals surface area contributed by atoms with Crippen LogP contribution >= 0.6 is 0 Å². The van der Waals surface area contributed by atoms with Crippen LogP contribution in [0.1, 0.15) is 45.2 Å². The highest BCUT2D eigenvalue weighted by Gasteiger charge is 2.24. The second kappa shape index (κ2) is 13.3. The van der Waals surface area contributed by atoms with E-state index in [-0.39, 0.29) is 0 Å². The average molecular weight is 853 g/mol. The lowest BCUT2D eigenvalue weighted by Crippen LogP contribution is -2.06. The van der Waals surface area contributed by atoms with E-state index >= 15 is 0 Å². The van der Waals surface area contributed by atoms with Gasteiger partial charge in [-0.1, -0.05) is 139 Å². The summed E-state index contributed by atoms with van der Waals surface area (Å²) in [6, 6.07) is -30.6. The Kier molecular flexibility index (Phi) is 3.30. The van der Waals surface area contributed by atoms with Crippen molar-refractivity contribution in [3.05, 3.63) is 199 Å². The van der Waals surface area contributed by atoms with E-state index in [0.717, 1.165) is 9.13 Å². The van der Waals surface area contributed by atoms with Crippen molar-refractivity contribution in [3.63, 3.8) is 0 Å². The minimum absolute atomic E-state index is 0.406. The van der Waals surface area contributed by atoms with E-state index in [9.17, 15) is 16.4 Å². The smallest absolute Gasteiger partial charge is 0.238 e. The first-order valence-corrected chi connectivity index (χ1v) is 18.7. The van der Waals surface area contributed by atoms with Crippen LogP contribution in [0.4, 0.5) is 0 Å². The summed E-state index contributed by atoms with van der Waals surface area (Å²) in [5, 5.41) is -4.58. The molecule has 14 aromatic rings. The van der Waals surface area contributed by atoms with Gasteiger partial charge in [0.1, 0.15) is 22.3 Å². The predicted molar refractivity (Wildman–Crippen MR) is 259 cm³/mol. The van der Waals surface area contributed by atoms with Gasteiger partial charge in [-0.3, -0.25) is 4.57 Å². The zero-order valence-corrected chi connectivity index (χ0v) is 31.6. The van der Waals surface area contributed by atoms with Crippen LogP contribution in [-0.4, -0.2) is 24.1 Å². The van der Waals surface area contributed by atoms with Crippen molar-refractivity contribution < 1.29 is 54.1 Å². The van der Waals surface area contributed by atoms with E-state index in [1.54, 1.807) is 0 Å². The molecular formula is C57H33N5O2. The Labute approximate surface area is 411 Å². The minimum Gasteiger partial charge on any atom is -0.456 e. The highest BCUT2D eigenvalue weighted by Crippen LogP contribution is 2.44. The summed E-state index contributed by atoms with van der Waals surface area (Å²) in [5.41, 5.74) is -9.39. The third kappa shape index (κ3) is 5.06. The molecule has 14 rings (SSSR count). The van der Waals surface area contributed by atoms with Gasteiger partial charge >= 0.3 is 0 Å². The fourth-order valence-corrected chi connectivity index (χ4v) is 7.82. The number of furan rings is 2. The molecule has 0 atom stereocenters. The summed E-state index contributed by atoms with van der Waals surface area (Å²) in [4.78, 5) is 13.6. The molecule has 0 N–H and O–H groups in total. The molecule has 9 aromatic carbocycles. The first-order chi connectivity index (χ1) is 45.5. The Hall–Kier alpha value is -8.81. The van der Waals surface area contributed by atoms with Gasteiger partial charge in [0.2, 0.25) is 5.95 Å². The third-order valence-electron chi connectivity index (χ3n) is 10.4. The summed E-state index contributed by atoms with van der Waals surface area (Å²) in [6.07, 6.45) is 0.